The Labute approximate surface area is 226 Å². The molecule has 2 aromatic heterocycles. The van der Waals surface area contributed by atoms with Gasteiger partial charge in [0, 0.05) is 36.2 Å². The number of nitrogens with one attached hydrogen (secondary N) is 1. The van der Waals surface area contributed by atoms with Crippen LogP contribution in [0, 0.1) is 12.7 Å². The molecule has 0 aliphatic heterocycles. The van der Waals surface area contributed by atoms with Crippen LogP contribution in [0.3, 0.4) is 0 Å². The molecule has 0 radical (unpaired) electrons. The topological polar surface area (TPSA) is 63.5 Å². The monoisotopic (exact) mass is 517 g/mol. The van der Waals surface area contributed by atoms with Gasteiger partial charge in [-0.1, -0.05) is 42.5 Å². The Morgan fingerprint density at radius 3 is 2.38 bits per heavy atom. The number of Topliss-reactive ketones (excluding diaryl/α,β-unsaturated/α-hetero) is 1. The molecule has 194 valence electrons. The number of hydrogen-bond acceptors (Lipinski definition) is 3. The van der Waals surface area contributed by atoms with Gasteiger partial charge in [-0.3, -0.25) is 9.59 Å². The third-order valence-electron chi connectivity index (χ3n) is 7.82. The van der Waals surface area contributed by atoms with Crippen molar-refractivity contribution in [3.05, 3.63) is 119 Å². The quantitative estimate of drug-likeness (QED) is 0.242. The molecular formula is C33H28FN3O2. The largest absolute Gasteiger partial charge is 0.355 e. The summed E-state index contributed by atoms with van der Waals surface area (Å²) in [6.07, 6.45) is 4.35. The molecule has 6 rings (SSSR count). The van der Waals surface area contributed by atoms with Gasteiger partial charge in [-0.05, 0) is 84.5 Å². The van der Waals surface area contributed by atoms with Crippen molar-refractivity contribution < 1.29 is 14.0 Å². The van der Waals surface area contributed by atoms with E-state index in [1.807, 2.05) is 61.7 Å². The van der Waals surface area contributed by atoms with Crippen LogP contribution in [0.5, 0.6) is 0 Å². The zero-order chi connectivity index (χ0) is 27.1. The number of nitrogens with zero attached hydrogens (tertiary/aromatic N) is 2. The molecule has 0 spiro atoms. The summed E-state index contributed by atoms with van der Waals surface area (Å²) in [5, 5.41) is 7.35. The van der Waals surface area contributed by atoms with Crippen LogP contribution in [-0.4, -0.2) is 28.4 Å². The third-order valence-corrected chi connectivity index (χ3v) is 7.82. The molecular weight excluding hydrogens is 489 g/mol. The molecule has 0 unspecified atom stereocenters. The Hall–Kier alpha value is -4.58. The Morgan fingerprint density at radius 1 is 0.949 bits per heavy atom. The summed E-state index contributed by atoms with van der Waals surface area (Å²) >= 11 is 0. The fourth-order valence-electron chi connectivity index (χ4n) is 5.40. The minimum Gasteiger partial charge on any atom is -0.355 e. The van der Waals surface area contributed by atoms with E-state index in [1.54, 1.807) is 23.7 Å². The first kappa shape index (κ1) is 24.7. The predicted molar refractivity (Wildman–Crippen MR) is 150 cm³/mol. The summed E-state index contributed by atoms with van der Waals surface area (Å²) < 4.78 is 15.2. The number of carbonyl (C=O) groups is 2. The average Bonchev–Trinajstić information content (AvgIpc) is 3.65. The van der Waals surface area contributed by atoms with Crippen LogP contribution < -0.4 is 5.32 Å². The number of rotatable bonds is 7. The van der Waals surface area contributed by atoms with E-state index in [0.29, 0.717) is 34.3 Å². The molecule has 2 heterocycles. The van der Waals surface area contributed by atoms with Crippen LogP contribution in [-0.2, 0) is 5.41 Å². The maximum absolute atomic E-state index is 13.6. The number of aryl methyl sites for hydroxylation is 1. The SMILES string of the molecule is CNC(=O)c1c(-c2ccc(F)cc2)nn2ccc(-c3cc(C(=O)CC4(c5ccccc5)CC4)ccc3C)cc12. The van der Waals surface area contributed by atoms with E-state index in [2.05, 4.69) is 22.5 Å². The Bertz CT molecular complexity index is 1720. The van der Waals surface area contributed by atoms with Crippen molar-refractivity contribution >= 4 is 17.2 Å². The van der Waals surface area contributed by atoms with Gasteiger partial charge in [0.15, 0.2) is 5.78 Å². The molecule has 5 aromatic rings. The Morgan fingerprint density at radius 2 is 1.69 bits per heavy atom. The summed E-state index contributed by atoms with van der Waals surface area (Å²) in [6, 6.07) is 26.0. The van der Waals surface area contributed by atoms with Gasteiger partial charge < -0.3 is 5.32 Å². The van der Waals surface area contributed by atoms with E-state index in [1.165, 1.54) is 17.7 Å². The van der Waals surface area contributed by atoms with Crippen molar-refractivity contribution in [2.75, 3.05) is 7.05 Å². The van der Waals surface area contributed by atoms with Crippen LogP contribution in [0.2, 0.25) is 0 Å². The van der Waals surface area contributed by atoms with E-state index < -0.39 is 0 Å². The number of pyridine rings is 1. The highest BCUT2D eigenvalue weighted by atomic mass is 19.1. The van der Waals surface area contributed by atoms with Gasteiger partial charge in [0.05, 0.1) is 11.1 Å². The van der Waals surface area contributed by atoms with Crippen molar-refractivity contribution in [3.8, 4) is 22.4 Å². The minimum absolute atomic E-state index is 0.0565. The van der Waals surface area contributed by atoms with E-state index in [-0.39, 0.29) is 22.9 Å². The lowest BCUT2D eigenvalue weighted by molar-refractivity contribution is 0.0959. The lowest BCUT2D eigenvalue weighted by Crippen LogP contribution is -2.18. The molecule has 6 heteroatoms. The second-order valence-corrected chi connectivity index (χ2v) is 10.3. The van der Waals surface area contributed by atoms with Crippen LogP contribution in [0.1, 0.15) is 51.1 Å². The van der Waals surface area contributed by atoms with Crippen LogP contribution >= 0.6 is 0 Å². The van der Waals surface area contributed by atoms with Gasteiger partial charge in [0.2, 0.25) is 0 Å². The van der Waals surface area contributed by atoms with Crippen molar-refractivity contribution in [1.29, 1.82) is 0 Å². The highest BCUT2D eigenvalue weighted by Crippen LogP contribution is 2.51. The minimum atomic E-state index is -0.354. The van der Waals surface area contributed by atoms with Crippen molar-refractivity contribution in [1.82, 2.24) is 14.9 Å². The van der Waals surface area contributed by atoms with Gasteiger partial charge in [0.25, 0.3) is 5.91 Å². The van der Waals surface area contributed by atoms with Gasteiger partial charge >= 0.3 is 0 Å². The van der Waals surface area contributed by atoms with E-state index in [9.17, 15) is 14.0 Å². The normalized spacial score (nSPS) is 13.8. The molecule has 1 fully saturated rings. The molecule has 1 aliphatic carbocycles. The Kier molecular flexibility index (Phi) is 6.10. The lowest BCUT2D eigenvalue weighted by atomic mass is 9.87. The molecule has 39 heavy (non-hydrogen) atoms. The molecule has 3 aromatic carbocycles. The van der Waals surface area contributed by atoms with E-state index in [4.69, 9.17) is 0 Å². The fourth-order valence-corrected chi connectivity index (χ4v) is 5.40. The first-order valence-corrected chi connectivity index (χ1v) is 13.1. The van der Waals surface area contributed by atoms with Crippen molar-refractivity contribution in [2.45, 2.75) is 31.6 Å². The van der Waals surface area contributed by atoms with Crippen LogP contribution in [0.4, 0.5) is 4.39 Å². The lowest BCUT2D eigenvalue weighted by Gasteiger charge is -2.16. The molecule has 1 aliphatic rings. The first-order chi connectivity index (χ1) is 18.9. The molecule has 1 N–H and O–H groups in total. The smallest absolute Gasteiger partial charge is 0.255 e. The second-order valence-electron chi connectivity index (χ2n) is 10.3. The number of benzene rings is 3. The molecule has 0 atom stereocenters. The number of ketones is 1. The highest BCUT2D eigenvalue weighted by molar-refractivity contribution is 6.07. The number of fused-ring (bicyclic) bond motifs is 1. The maximum Gasteiger partial charge on any atom is 0.255 e. The van der Waals surface area contributed by atoms with Gasteiger partial charge in [-0.2, -0.15) is 5.10 Å². The summed E-state index contributed by atoms with van der Waals surface area (Å²) in [4.78, 5) is 26.4. The van der Waals surface area contributed by atoms with Gasteiger partial charge in [0.1, 0.15) is 11.5 Å². The van der Waals surface area contributed by atoms with Crippen LogP contribution in [0.15, 0.2) is 91.1 Å². The summed E-state index contributed by atoms with van der Waals surface area (Å²) in [7, 11) is 1.57. The number of hydrogen-bond donors (Lipinski definition) is 1. The average molecular weight is 518 g/mol. The zero-order valence-corrected chi connectivity index (χ0v) is 21.9. The Balaban J connectivity index is 1.39. The maximum atomic E-state index is 13.6. The standard InChI is InChI=1S/C33H28FN3O2/c1-21-8-9-24(29(38)20-33(15-16-33)25-6-4-3-5-7-25)18-27(21)23-14-17-37-28(19-23)30(32(39)35-2)31(36-37)22-10-12-26(34)13-11-22/h3-14,17-19H,15-16,20H2,1-2H3,(H,35,39). The summed E-state index contributed by atoms with van der Waals surface area (Å²) in [6.45, 7) is 2.01. The molecule has 1 amide bonds. The second kappa shape index (κ2) is 9.62. The third kappa shape index (κ3) is 4.52. The molecule has 0 bridgehead atoms. The first-order valence-electron chi connectivity index (χ1n) is 13.1. The summed E-state index contributed by atoms with van der Waals surface area (Å²) in [5.41, 5.74) is 6.87. The predicted octanol–water partition coefficient (Wildman–Crippen LogP) is 6.78. The zero-order valence-electron chi connectivity index (χ0n) is 21.9. The molecule has 0 saturated heterocycles. The molecule has 5 nitrogen and oxygen atoms in total. The highest BCUT2D eigenvalue weighted by Gasteiger charge is 2.45. The van der Waals surface area contributed by atoms with E-state index >= 15 is 0 Å². The number of amides is 1. The van der Waals surface area contributed by atoms with Gasteiger partial charge in [-0.25, -0.2) is 8.91 Å². The number of halogens is 1. The van der Waals surface area contributed by atoms with Crippen molar-refractivity contribution in [2.24, 2.45) is 0 Å². The molecule has 1 saturated carbocycles. The number of carbonyl (C=O) groups excluding carboxylic acids is 2. The van der Waals surface area contributed by atoms with Gasteiger partial charge in [-0.15, -0.1) is 0 Å². The fraction of sp³-hybridized carbons (Fsp3) is 0.182. The van der Waals surface area contributed by atoms with Crippen molar-refractivity contribution in [3.63, 3.8) is 0 Å². The van der Waals surface area contributed by atoms with E-state index in [0.717, 1.165) is 29.5 Å². The van der Waals surface area contributed by atoms with Crippen LogP contribution in [0.25, 0.3) is 27.9 Å². The number of aromatic nitrogens is 2. The summed E-state index contributed by atoms with van der Waals surface area (Å²) in [5.74, 6) is -0.502.